The van der Waals surface area contributed by atoms with Crippen LogP contribution in [0.1, 0.15) is 20.8 Å². The first kappa shape index (κ1) is 27.7. The predicted molar refractivity (Wildman–Crippen MR) is 159 cm³/mol. The van der Waals surface area contributed by atoms with E-state index in [9.17, 15) is 14.3 Å². The highest BCUT2D eigenvalue weighted by Crippen LogP contribution is 2.42. The van der Waals surface area contributed by atoms with Crippen LogP contribution < -0.4 is 15.9 Å². The lowest BCUT2D eigenvalue weighted by Gasteiger charge is -2.43. The quantitative estimate of drug-likeness (QED) is 0.339. The lowest BCUT2D eigenvalue weighted by molar-refractivity contribution is 0.128. The van der Waals surface area contributed by atoms with Gasteiger partial charge in [0, 0.05) is 81.1 Å². The molecule has 2 aromatic carbocycles. The summed E-state index contributed by atoms with van der Waals surface area (Å²) >= 11 is 6.55. The highest BCUT2D eigenvalue weighted by Gasteiger charge is 2.27. The average molecular weight is 565 g/mol. The van der Waals surface area contributed by atoms with Crippen molar-refractivity contribution < 1.29 is 9.50 Å². The molecule has 0 spiro atoms. The van der Waals surface area contributed by atoms with Crippen LogP contribution in [0.3, 0.4) is 0 Å². The van der Waals surface area contributed by atoms with Gasteiger partial charge >= 0.3 is 5.69 Å². The number of nitrogens with one attached hydrogen (secondary N) is 1. The van der Waals surface area contributed by atoms with Crippen molar-refractivity contribution in [3.8, 4) is 33.7 Å². The van der Waals surface area contributed by atoms with Gasteiger partial charge in [-0.3, -0.25) is 9.47 Å². The molecule has 0 unspecified atom stereocenters. The molecule has 2 N–H and O–H groups in total. The molecule has 2 aromatic heterocycles. The molecule has 0 saturated carbocycles. The Bertz CT molecular complexity index is 1620. The Labute approximate surface area is 238 Å². The number of aromatic nitrogens is 3. The van der Waals surface area contributed by atoms with Gasteiger partial charge in [-0.1, -0.05) is 17.7 Å². The van der Waals surface area contributed by atoms with Crippen LogP contribution >= 0.6 is 11.6 Å². The minimum absolute atomic E-state index is 0.0791. The van der Waals surface area contributed by atoms with Crippen LogP contribution in [0.4, 0.5) is 15.9 Å². The summed E-state index contributed by atoms with van der Waals surface area (Å²) in [5.74, 6) is 0.146. The average Bonchev–Trinajstić information content (AvgIpc) is 3.26. The predicted octanol–water partition coefficient (Wildman–Crippen LogP) is 5.37. The van der Waals surface area contributed by atoms with Gasteiger partial charge in [0.15, 0.2) is 0 Å². The maximum absolute atomic E-state index is 15.0. The summed E-state index contributed by atoms with van der Waals surface area (Å²) in [6.45, 7) is 10.1. The smallest absolute Gasteiger partial charge is 0.332 e. The molecule has 4 aromatic rings. The monoisotopic (exact) mass is 564 g/mol. The Balaban J connectivity index is 1.51. The van der Waals surface area contributed by atoms with Crippen LogP contribution in [0, 0.1) is 5.82 Å². The zero-order valence-corrected chi connectivity index (χ0v) is 24.1. The molecule has 5 rings (SSSR count). The molecule has 1 fully saturated rings. The number of nitrogens with zero attached hydrogens (tertiary/aromatic N) is 5. The number of anilines is 2. The number of hydrogen-bond acceptors (Lipinski definition) is 6. The number of pyridine rings is 1. The number of phenols is 1. The standard InChI is InChI=1S/C30H34ClFN6O2/c1-30(2,3)37-11-9-36(10-12-37)26-15-20(18-34-28(26)33-4)23-17-21(32)16-22(27(23)39)19-6-7-25(24(31)14-19)38-13-8-35(5)29(38)40/h6-8,13-18,39H,9-12H2,1-5H3,(H,33,34). The van der Waals surface area contributed by atoms with Gasteiger partial charge in [0.2, 0.25) is 0 Å². The summed E-state index contributed by atoms with van der Waals surface area (Å²) in [5, 5.41) is 14.8. The van der Waals surface area contributed by atoms with E-state index >= 15 is 0 Å². The molecule has 0 aliphatic carbocycles. The number of phenolic OH excluding ortho intramolecular Hbond substituents is 1. The van der Waals surface area contributed by atoms with Crippen molar-refractivity contribution in [3.05, 3.63) is 76.3 Å². The first-order valence-electron chi connectivity index (χ1n) is 13.2. The number of imidazole rings is 1. The largest absolute Gasteiger partial charge is 0.507 e. The number of aryl methyl sites for hydroxylation is 1. The maximum atomic E-state index is 15.0. The van der Waals surface area contributed by atoms with Gasteiger partial charge in [0.05, 0.1) is 16.4 Å². The minimum Gasteiger partial charge on any atom is -0.507 e. The minimum atomic E-state index is -0.500. The van der Waals surface area contributed by atoms with Gasteiger partial charge in [-0.15, -0.1) is 0 Å². The molecule has 210 valence electrons. The molecule has 0 radical (unpaired) electrons. The summed E-state index contributed by atoms with van der Waals surface area (Å²) in [4.78, 5) is 21.7. The zero-order chi connectivity index (χ0) is 28.8. The van der Waals surface area contributed by atoms with E-state index < -0.39 is 5.82 Å². The van der Waals surface area contributed by atoms with Crippen molar-refractivity contribution in [2.45, 2.75) is 26.3 Å². The molecular formula is C30H34ClFN6O2. The molecule has 1 aliphatic rings. The van der Waals surface area contributed by atoms with Crippen LogP contribution in [0.15, 0.2) is 59.8 Å². The first-order valence-corrected chi connectivity index (χ1v) is 13.6. The molecule has 0 bridgehead atoms. The van der Waals surface area contributed by atoms with E-state index in [1.165, 1.54) is 21.3 Å². The third kappa shape index (κ3) is 5.19. The number of rotatable bonds is 5. The topological polar surface area (TPSA) is 78.6 Å². The fraction of sp³-hybridized carbons (Fsp3) is 0.333. The summed E-state index contributed by atoms with van der Waals surface area (Å²) in [7, 11) is 3.48. The van der Waals surface area contributed by atoms with Crippen molar-refractivity contribution in [2.75, 3.05) is 43.4 Å². The number of piperazine rings is 1. The van der Waals surface area contributed by atoms with Gasteiger partial charge in [-0.25, -0.2) is 14.2 Å². The molecule has 0 amide bonds. The van der Waals surface area contributed by atoms with Crippen molar-refractivity contribution in [2.24, 2.45) is 7.05 Å². The van der Waals surface area contributed by atoms with E-state index in [0.717, 1.165) is 37.7 Å². The van der Waals surface area contributed by atoms with E-state index in [2.05, 4.69) is 40.9 Å². The Morgan fingerprint density at radius 3 is 2.23 bits per heavy atom. The Morgan fingerprint density at radius 2 is 1.65 bits per heavy atom. The lowest BCUT2D eigenvalue weighted by Crippen LogP contribution is -2.53. The van der Waals surface area contributed by atoms with E-state index in [-0.39, 0.29) is 17.0 Å². The second kappa shape index (κ2) is 10.6. The Kier molecular flexibility index (Phi) is 7.37. The second-order valence-corrected chi connectivity index (χ2v) is 11.5. The van der Waals surface area contributed by atoms with E-state index in [0.29, 0.717) is 33.0 Å². The summed E-state index contributed by atoms with van der Waals surface area (Å²) in [6.07, 6.45) is 4.91. The van der Waals surface area contributed by atoms with Gasteiger partial charge in [-0.05, 0) is 56.7 Å². The van der Waals surface area contributed by atoms with Gasteiger partial charge in [0.25, 0.3) is 0 Å². The number of benzene rings is 2. The van der Waals surface area contributed by atoms with Crippen LogP contribution in [-0.2, 0) is 7.05 Å². The normalized spacial score (nSPS) is 14.5. The van der Waals surface area contributed by atoms with Gasteiger partial charge in [0.1, 0.15) is 17.4 Å². The van der Waals surface area contributed by atoms with Crippen molar-refractivity contribution in [3.63, 3.8) is 0 Å². The van der Waals surface area contributed by atoms with E-state index in [4.69, 9.17) is 11.6 Å². The van der Waals surface area contributed by atoms with Gasteiger partial charge in [-0.2, -0.15) is 0 Å². The highest BCUT2D eigenvalue weighted by atomic mass is 35.5. The third-order valence-corrected chi connectivity index (χ3v) is 7.83. The summed E-state index contributed by atoms with van der Waals surface area (Å²) in [5.41, 5.74) is 3.01. The molecule has 8 nitrogen and oxygen atoms in total. The van der Waals surface area contributed by atoms with E-state index in [1.54, 1.807) is 43.8 Å². The van der Waals surface area contributed by atoms with Crippen molar-refractivity contribution in [1.82, 2.24) is 19.0 Å². The molecule has 1 aliphatic heterocycles. The fourth-order valence-corrected chi connectivity index (χ4v) is 5.48. The Hall–Kier alpha value is -3.82. The molecule has 0 atom stereocenters. The summed E-state index contributed by atoms with van der Waals surface area (Å²) < 4.78 is 17.9. The highest BCUT2D eigenvalue weighted by molar-refractivity contribution is 6.32. The molecular weight excluding hydrogens is 531 g/mol. The van der Waals surface area contributed by atoms with Gasteiger partial charge < -0.3 is 19.9 Å². The zero-order valence-electron chi connectivity index (χ0n) is 23.4. The summed E-state index contributed by atoms with van der Waals surface area (Å²) in [6, 6.07) is 9.55. The SMILES string of the molecule is CNc1ncc(-c2cc(F)cc(-c3ccc(-n4ccn(C)c4=O)c(Cl)c3)c2O)cc1N1CCN(C(C)(C)C)CC1. The first-order chi connectivity index (χ1) is 19.0. The van der Waals surface area contributed by atoms with Crippen LogP contribution in [0.5, 0.6) is 5.75 Å². The number of halogens is 2. The maximum Gasteiger partial charge on any atom is 0.332 e. The third-order valence-electron chi connectivity index (χ3n) is 7.52. The van der Waals surface area contributed by atoms with Crippen LogP contribution in [0.25, 0.3) is 27.9 Å². The molecule has 40 heavy (non-hydrogen) atoms. The van der Waals surface area contributed by atoms with Crippen molar-refractivity contribution in [1.29, 1.82) is 0 Å². The second-order valence-electron chi connectivity index (χ2n) is 11.1. The molecule has 1 saturated heterocycles. The lowest BCUT2D eigenvalue weighted by atomic mass is 9.97. The van der Waals surface area contributed by atoms with Crippen LogP contribution in [-0.4, -0.2) is 62.9 Å². The fourth-order valence-electron chi connectivity index (χ4n) is 5.21. The molecule has 10 heteroatoms. The van der Waals surface area contributed by atoms with E-state index in [1.807, 2.05) is 13.1 Å². The number of hydrogen-bond donors (Lipinski definition) is 2. The number of aromatic hydroxyl groups is 1. The van der Waals surface area contributed by atoms with Crippen molar-refractivity contribution >= 4 is 23.1 Å². The molecule has 3 heterocycles. The van der Waals surface area contributed by atoms with Crippen LogP contribution in [0.2, 0.25) is 5.02 Å². The Morgan fingerprint density at radius 1 is 0.975 bits per heavy atom.